The fourth-order valence-corrected chi connectivity index (χ4v) is 8.44. The van der Waals surface area contributed by atoms with Crippen molar-refractivity contribution in [1.29, 1.82) is 5.26 Å². The Morgan fingerprint density at radius 2 is 1.62 bits per heavy atom. The highest BCUT2D eigenvalue weighted by molar-refractivity contribution is 5.99. The zero-order valence-electron chi connectivity index (χ0n) is 36.2. The Morgan fingerprint density at radius 1 is 0.952 bits per heavy atom. The van der Waals surface area contributed by atoms with Gasteiger partial charge in [-0.15, -0.1) is 0 Å². The summed E-state index contributed by atoms with van der Waals surface area (Å²) in [5, 5.41) is 19.9. The first-order chi connectivity index (χ1) is 30.3. The van der Waals surface area contributed by atoms with Crippen LogP contribution in [0.15, 0.2) is 42.6 Å². The molecular weight excluding hydrogens is 807 g/mol. The van der Waals surface area contributed by atoms with Crippen molar-refractivity contribution in [3.63, 3.8) is 0 Å². The van der Waals surface area contributed by atoms with E-state index < -0.39 is 53.7 Å². The quantitative estimate of drug-likeness (QED) is 0.107. The summed E-state index contributed by atoms with van der Waals surface area (Å²) in [7, 11) is 1.43. The number of hydrogen-bond donors (Lipinski definition) is 7. The fourth-order valence-electron chi connectivity index (χ4n) is 8.44. The van der Waals surface area contributed by atoms with Gasteiger partial charge in [0.15, 0.2) is 0 Å². The van der Waals surface area contributed by atoms with Gasteiger partial charge < -0.3 is 52.8 Å². The van der Waals surface area contributed by atoms with E-state index in [4.69, 9.17) is 36.9 Å². The summed E-state index contributed by atoms with van der Waals surface area (Å²) in [5.41, 5.74) is 20.8. The van der Waals surface area contributed by atoms with E-state index in [2.05, 4.69) is 26.3 Å². The largest absolute Gasteiger partial charge is 0.492 e. The van der Waals surface area contributed by atoms with Crippen LogP contribution < -0.4 is 47.9 Å². The lowest BCUT2D eigenvalue weighted by atomic mass is 9.79. The standard InChI is InChI=1S/C45H59N11O7/c1-26-33(25-51-39(52-26)29-8-11-45(12-9-29)13-14-45)41(58)54-34(10-15-46)44(61)56(3)38-30-5-7-37(63-21-18-49)32(24-30)31-22-28(4-6-36(31)62-20-17-48)23-35(42(59)50-19-16-47)55-40(57)27(2)53-43(38)60/h4-7,22,24-25,27,29,34-35,38H,8-15,17-21,23,46,48-49H2,1-3H3,(H,50,59)(H,53,60)(H,54,58)(H,55,57)/t27-,34-,35-,38-/m0/s1. The number of nitrogens with zero attached hydrogens (tertiary/aromatic N) is 4. The van der Waals surface area contributed by atoms with Gasteiger partial charge in [0.1, 0.15) is 61.2 Å². The van der Waals surface area contributed by atoms with E-state index in [-0.39, 0.29) is 63.7 Å². The minimum Gasteiger partial charge on any atom is -0.492 e. The second kappa shape index (κ2) is 20.8. The van der Waals surface area contributed by atoms with E-state index in [1.165, 1.54) is 37.9 Å². The summed E-state index contributed by atoms with van der Waals surface area (Å²) in [5.74, 6) is -1.49. The molecule has 336 valence electrons. The minimum atomic E-state index is -1.38. The molecule has 2 aliphatic carbocycles. The lowest BCUT2D eigenvalue weighted by Crippen LogP contribution is -2.56. The van der Waals surface area contributed by atoms with Gasteiger partial charge in [0.25, 0.3) is 5.91 Å². The number of benzene rings is 2. The van der Waals surface area contributed by atoms with Crippen LogP contribution in [0.4, 0.5) is 0 Å². The van der Waals surface area contributed by atoms with Crippen LogP contribution in [0.1, 0.15) is 96.8 Å². The van der Waals surface area contributed by atoms with Crippen molar-refractivity contribution in [3.8, 4) is 28.7 Å². The first-order valence-electron chi connectivity index (χ1n) is 21.6. The molecule has 3 aliphatic rings. The van der Waals surface area contributed by atoms with Crippen molar-refractivity contribution in [2.75, 3.05) is 46.4 Å². The second-order valence-corrected chi connectivity index (χ2v) is 16.7. The number of aryl methyl sites for hydroxylation is 1. The lowest BCUT2D eigenvalue weighted by Gasteiger charge is -2.32. The van der Waals surface area contributed by atoms with Crippen LogP contribution in [0.5, 0.6) is 11.5 Å². The number of hydrogen-bond acceptors (Lipinski definition) is 13. The molecule has 10 N–H and O–H groups in total. The molecule has 6 rings (SSSR count). The number of carbonyl (C=O) groups excluding carboxylic acids is 5. The monoisotopic (exact) mass is 865 g/mol. The van der Waals surface area contributed by atoms with E-state index in [9.17, 15) is 24.0 Å². The maximum absolute atomic E-state index is 14.6. The number of nitrogens with one attached hydrogen (secondary N) is 4. The van der Waals surface area contributed by atoms with Gasteiger partial charge in [-0.05, 0) is 106 Å². The van der Waals surface area contributed by atoms with Crippen molar-refractivity contribution in [1.82, 2.24) is 36.1 Å². The highest BCUT2D eigenvalue weighted by Gasteiger charge is 2.45. The van der Waals surface area contributed by atoms with Gasteiger partial charge in [0, 0.05) is 49.8 Å². The molecule has 2 heterocycles. The first kappa shape index (κ1) is 46.3. The summed E-state index contributed by atoms with van der Waals surface area (Å²) in [6.45, 7) is 3.63. The lowest BCUT2D eigenvalue weighted by molar-refractivity contribution is -0.141. The molecule has 2 aromatic carbocycles. The third-order valence-corrected chi connectivity index (χ3v) is 12.2. The second-order valence-electron chi connectivity index (χ2n) is 16.7. The van der Waals surface area contributed by atoms with Crippen molar-refractivity contribution >= 4 is 29.5 Å². The average Bonchev–Trinajstić information content (AvgIpc) is 4.04. The van der Waals surface area contributed by atoms with Gasteiger partial charge in [-0.3, -0.25) is 24.0 Å². The van der Waals surface area contributed by atoms with Gasteiger partial charge in [0.05, 0.1) is 17.3 Å². The van der Waals surface area contributed by atoms with Crippen LogP contribution in [-0.2, 0) is 25.6 Å². The minimum absolute atomic E-state index is 0.0114. The Morgan fingerprint density at radius 3 is 2.24 bits per heavy atom. The van der Waals surface area contributed by atoms with E-state index in [1.54, 1.807) is 43.3 Å². The number of aromatic nitrogens is 2. The molecule has 2 fully saturated rings. The molecule has 3 aromatic rings. The van der Waals surface area contributed by atoms with Crippen LogP contribution in [0.2, 0.25) is 0 Å². The topological polar surface area (TPSA) is 283 Å². The number of nitriles is 1. The number of carbonyl (C=O) groups is 5. The van der Waals surface area contributed by atoms with Crippen LogP contribution in [0, 0.1) is 23.7 Å². The molecule has 1 aliphatic heterocycles. The number of amides is 5. The highest BCUT2D eigenvalue weighted by atomic mass is 16.5. The summed E-state index contributed by atoms with van der Waals surface area (Å²) in [6, 6.07) is 7.18. The average molecular weight is 866 g/mol. The predicted octanol–water partition coefficient (Wildman–Crippen LogP) is 1.40. The molecule has 0 unspecified atom stereocenters. The van der Waals surface area contributed by atoms with E-state index in [1.807, 2.05) is 6.07 Å². The smallest absolute Gasteiger partial charge is 0.255 e. The van der Waals surface area contributed by atoms with Gasteiger partial charge in [-0.1, -0.05) is 12.1 Å². The Labute approximate surface area is 367 Å². The molecule has 0 saturated heterocycles. The molecule has 2 saturated carbocycles. The number of nitrogens with two attached hydrogens (primary N) is 3. The van der Waals surface area contributed by atoms with Gasteiger partial charge in [-0.25, -0.2) is 9.97 Å². The molecule has 5 amide bonds. The van der Waals surface area contributed by atoms with Gasteiger partial charge in [0.2, 0.25) is 23.6 Å². The molecular formula is C45H59N11O7. The fraction of sp³-hybridized carbons (Fsp3) is 0.511. The maximum atomic E-state index is 14.6. The van der Waals surface area contributed by atoms with Crippen molar-refractivity contribution in [3.05, 3.63) is 70.8 Å². The summed E-state index contributed by atoms with van der Waals surface area (Å²) < 4.78 is 12.2. The van der Waals surface area contributed by atoms with E-state index in [0.717, 1.165) is 31.5 Å². The number of ether oxygens (including phenoxy) is 2. The van der Waals surface area contributed by atoms with Gasteiger partial charge in [-0.2, -0.15) is 5.26 Å². The summed E-state index contributed by atoms with van der Waals surface area (Å²) in [6.07, 6.45) is 8.51. The Bertz CT molecular complexity index is 2220. The molecule has 18 nitrogen and oxygen atoms in total. The zero-order chi connectivity index (χ0) is 45.3. The third kappa shape index (κ3) is 11.1. The number of fused-ring (bicyclic) bond motifs is 5. The molecule has 4 atom stereocenters. The van der Waals surface area contributed by atoms with Crippen LogP contribution >= 0.6 is 0 Å². The SMILES string of the molecule is Cc1nc(C2CCC3(CC2)CC3)ncc1C(=O)N[C@@H](CCN)C(=O)N(C)[C@@H]1C(=O)N[C@@H](C)C(=O)N[C@H](C(=O)NCC#N)Cc2ccc(OCCN)c(c2)-c2cc1ccc2OCCN. The number of likely N-dealkylation sites (N-methyl/N-ethyl adjacent to an activating group) is 1. The molecule has 4 bridgehead atoms. The molecule has 63 heavy (non-hydrogen) atoms. The molecule has 1 spiro atoms. The third-order valence-electron chi connectivity index (χ3n) is 12.2. The van der Waals surface area contributed by atoms with E-state index in [0.29, 0.717) is 44.9 Å². The van der Waals surface area contributed by atoms with Crippen molar-refractivity contribution < 1.29 is 33.4 Å². The summed E-state index contributed by atoms with van der Waals surface area (Å²) in [4.78, 5) is 80.6. The van der Waals surface area contributed by atoms with Crippen molar-refractivity contribution in [2.45, 2.75) is 95.3 Å². The highest BCUT2D eigenvalue weighted by Crippen LogP contribution is 2.58. The maximum Gasteiger partial charge on any atom is 0.255 e. The predicted molar refractivity (Wildman–Crippen MR) is 233 cm³/mol. The van der Waals surface area contributed by atoms with E-state index >= 15 is 0 Å². The number of rotatable bonds is 15. The molecule has 0 radical (unpaired) electrons. The Balaban J connectivity index is 1.36. The first-order valence-corrected chi connectivity index (χ1v) is 21.6. The summed E-state index contributed by atoms with van der Waals surface area (Å²) >= 11 is 0. The molecule has 1 aromatic heterocycles. The van der Waals surface area contributed by atoms with Gasteiger partial charge >= 0.3 is 0 Å². The van der Waals surface area contributed by atoms with Crippen LogP contribution in [0.25, 0.3) is 11.1 Å². The normalized spacial score (nSPS) is 19.9. The van der Waals surface area contributed by atoms with Crippen LogP contribution in [-0.4, -0.2) is 109 Å². The Hall–Kier alpha value is -6.16. The van der Waals surface area contributed by atoms with Crippen LogP contribution in [0.3, 0.4) is 0 Å². The molecule has 18 heteroatoms. The van der Waals surface area contributed by atoms with Crippen molar-refractivity contribution in [2.24, 2.45) is 22.6 Å². The Kier molecular flexibility index (Phi) is 15.3. The zero-order valence-corrected chi connectivity index (χ0v) is 36.2.